The van der Waals surface area contributed by atoms with Gasteiger partial charge in [-0.2, -0.15) is 0 Å². The van der Waals surface area contributed by atoms with Crippen molar-refractivity contribution >= 4 is 44.8 Å². The number of alkyl halides is 1. The lowest BCUT2D eigenvalue weighted by molar-refractivity contribution is 0.111. The number of hydrogen-bond donors (Lipinski definition) is 3. The first-order chi connectivity index (χ1) is 15.3. The average molecular weight is 541 g/mol. The highest BCUT2D eigenvalue weighted by Crippen LogP contribution is 2.40. The van der Waals surface area contributed by atoms with E-state index < -0.39 is 27.6 Å². The van der Waals surface area contributed by atoms with Crippen LogP contribution < -0.4 is 14.2 Å². The maximum atomic E-state index is 11.1. The van der Waals surface area contributed by atoms with Crippen molar-refractivity contribution in [2.24, 2.45) is 0 Å². The van der Waals surface area contributed by atoms with Gasteiger partial charge in [0.2, 0.25) is 10.0 Å². The zero-order chi connectivity index (χ0) is 24.8. The Kier molecular flexibility index (Phi) is 10.1. The second-order valence-corrected chi connectivity index (χ2v) is 11.1. The minimum Gasteiger partial charge on any atom is -0.491 e. The molecule has 0 heterocycles. The number of sulfonamides is 1. The summed E-state index contributed by atoms with van der Waals surface area (Å²) < 4.78 is 35.5. The van der Waals surface area contributed by atoms with Gasteiger partial charge in [0.1, 0.15) is 31.2 Å². The van der Waals surface area contributed by atoms with E-state index in [0.717, 1.165) is 17.4 Å². The van der Waals surface area contributed by atoms with E-state index in [1.807, 2.05) is 26.0 Å². The monoisotopic (exact) mass is 539 g/mol. The largest absolute Gasteiger partial charge is 0.491 e. The SMILES string of the molecule is CC(C)(c1ccc(OCC(O)CNS(C)(=O)=O)cc1)c1cc(Cl)c(OCC(O)CCl)c(Cl)c1. The summed E-state index contributed by atoms with van der Waals surface area (Å²) in [4.78, 5) is 0. The highest BCUT2D eigenvalue weighted by atomic mass is 35.5. The third-order valence-corrected chi connectivity index (χ3v) is 6.53. The molecule has 2 atom stereocenters. The Bertz CT molecular complexity index is 1010. The molecule has 0 aliphatic heterocycles. The van der Waals surface area contributed by atoms with Crippen LogP contribution in [0.4, 0.5) is 0 Å². The molecule has 3 N–H and O–H groups in total. The lowest BCUT2D eigenvalue weighted by Crippen LogP contribution is -2.34. The fraction of sp³-hybridized carbons (Fsp3) is 0.455. The molecular weight excluding hydrogens is 513 g/mol. The van der Waals surface area contributed by atoms with Gasteiger partial charge in [-0.15, -0.1) is 11.6 Å². The summed E-state index contributed by atoms with van der Waals surface area (Å²) in [5.41, 5.74) is 1.37. The van der Waals surface area contributed by atoms with E-state index in [1.54, 1.807) is 24.3 Å². The molecule has 2 aromatic rings. The van der Waals surface area contributed by atoms with Crippen LogP contribution in [0.15, 0.2) is 36.4 Å². The number of rotatable bonds is 12. The van der Waals surface area contributed by atoms with Crippen LogP contribution in [0, 0.1) is 0 Å². The van der Waals surface area contributed by atoms with Crippen molar-refractivity contribution < 1.29 is 28.1 Å². The lowest BCUT2D eigenvalue weighted by atomic mass is 9.78. The third kappa shape index (κ3) is 8.47. The standard InChI is InChI=1S/C22H28Cl3NO6S/c1-22(2,15-8-19(24)21(20(25)9-15)32-12-16(27)10-23)14-4-6-18(7-5-14)31-13-17(28)11-26-33(3,29)30/h4-9,16-17,26-28H,10-13H2,1-3H3. The van der Waals surface area contributed by atoms with Gasteiger partial charge >= 0.3 is 0 Å². The molecule has 184 valence electrons. The molecule has 11 heteroatoms. The van der Waals surface area contributed by atoms with Crippen LogP contribution in [0.5, 0.6) is 11.5 Å². The first-order valence-corrected chi connectivity index (χ1v) is 13.2. The van der Waals surface area contributed by atoms with E-state index in [2.05, 4.69) is 4.72 Å². The molecule has 2 aromatic carbocycles. The summed E-state index contributed by atoms with van der Waals surface area (Å²) in [6.45, 7) is 3.82. The van der Waals surface area contributed by atoms with Crippen LogP contribution in [0.2, 0.25) is 10.0 Å². The fourth-order valence-electron chi connectivity index (χ4n) is 2.92. The summed E-state index contributed by atoms with van der Waals surface area (Å²) >= 11 is 18.4. The maximum absolute atomic E-state index is 11.1. The minimum absolute atomic E-state index is 0.0217. The molecule has 0 saturated heterocycles. The highest BCUT2D eigenvalue weighted by Gasteiger charge is 2.26. The number of benzene rings is 2. The quantitative estimate of drug-likeness (QED) is 0.356. The number of ether oxygens (including phenoxy) is 2. The second kappa shape index (κ2) is 11.9. The van der Waals surface area contributed by atoms with Crippen molar-refractivity contribution in [1.82, 2.24) is 4.72 Å². The minimum atomic E-state index is -3.38. The van der Waals surface area contributed by atoms with E-state index in [9.17, 15) is 18.6 Å². The molecule has 2 rings (SSSR count). The Hall–Kier alpha value is -1.26. The van der Waals surface area contributed by atoms with E-state index in [-0.39, 0.29) is 31.4 Å². The van der Waals surface area contributed by atoms with E-state index >= 15 is 0 Å². The van der Waals surface area contributed by atoms with Crippen molar-refractivity contribution in [2.75, 3.05) is 31.9 Å². The van der Waals surface area contributed by atoms with Crippen LogP contribution in [0.3, 0.4) is 0 Å². The predicted octanol–water partition coefficient (Wildman–Crippen LogP) is 3.59. The van der Waals surface area contributed by atoms with E-state index in [4.69, 9.17) is 44.3 Å². The van der Waals surface area contributed by atoms with Crippen LogP contribution in [0.25, 0.3) is 0 Å². The van der Waals surface area contributed by atoms with Gasteiger partial charge in [0.25, 0.3) is 0 Å². The highest BCUT2D eigenvalue weighted by molar-refractivity contribution is 7.88. The lowest BCUT2D eigenvalue weighted by Gasteiger charge is -2.27. The smallest absolute Gasteiger partial charge is 0.208 e. The van der Waals surface area contributed by atoms with Gasteiger partial charge in [-0.05, 0) is 35.4 Å². The molecule has 0 aromatic heterocycles. The van der Waals surface area contributed by atoms with Crippen molar-refractivity contribution in [3.63, 3.8) is 0 Å². The normalized spacial score (nSPS) is 14.1. The van der Waals surface area contributed by atoms with Gasteiger partial charge in [0.05, 0.1) is 22.2 Å². The summed E-state index contributed by atoms with van der Waals surface area (Å²) in [6.07, 6.45) is -0.785. The van der Waals surface area contributed by atoms with Crippen LogP contribution >= 0.6 is 34.8 Å². The number of hydrogen-bond acceptors (Lipinski definition) is 6. The Morgan fingerprint density at radius 2 is 1.52 bits per heavy atom. The molecule has 0 aliphatic rings. The Balaban J connectivity index is 2.09. The molecule has 0 bridgehead atoms. The summed E-state index contributed by atoms with van der Waals surface area (Å²) in [6, 6.07) is 10.8. The van der Waals surface area contributed by atoms with E-state index in [1.165, 1.54) is 0 Å². The van der Waals surface area contributed by atoms with Gasteiger partial charge in [-0.1, -0.05) is 49.2 Å². The Labute approximate surface area is 209 Å². The fourth-order valence-corrected chi connectivity index (χ4v) is 4.10. The van der Waals surface area contributed by atoms with Gasteiger partial charge in [-0.3, -0.25) is 0 Å². The molecule has 33 heavy (non-hydrogen) atoms. The summed E-state index contributed by atoms with van der Waals surface area (Å²) in [5.74, 6) is 0.858. The zero-order valence-corrected chi connectivity index (χ0v) is 21.6. The number of aliphatic hydroxyl groups excluding tert-OH is 2. The van der Waals surface area contributed by atoms with Crippen molar-refractivity contribution in [2.45, 2.75) is 31.5 Å². The average Bonchev–Trinajstić information content (AvgIpc) is 2.75. The maximum Gasteiger partial charge on any atom is 0.208 e. The molecular formula is C22H28Cl3NO6S. The summed E-state index contributed by atoms with van der Waals surface area (Å²) in [7, 11) is -3.38. The van der Waals surface area contributed by atoms with Crippen molar-refractivity contribution in [1.29, 1.82) is 0 Å². The van der Waals surface area contributed by atoms with Crippen LogP contribution in [0.1, 0.15) is 25.0 Å². The Morgan fingerprint density at radius 3 is 2.03 bits per heavy atom. The molecule has 0 aliphatic carbocycles. The summed E-state index contributed by atoms with van der Waals surface area (Å²) in [5, 5.41) is 20.1. The second-order valence-electron chi connectivity index (χ2n) is 8.12. The van der Waals surface area contributed by atoms with Crippen molar-refractivity contribution in [3.05, 3.63) is 57.6 Å². The van der Waals surface area contributed by atoms with Gasteiger partial charge in [0.15, 0.2) is 5.75 Å². The van der Waals surface area contributed by atoms with Crippen LogP contribution in [-0.2, 0) is 15.4 Å². The topological polar surface area (TPSA) is 105 Å². The molecule has 0 saturated carbocycles. The first kappa shape index (κ1) is 28.0. The first-order valence-electron chi connectivity index (χ1n) is 10.1. The van der Waals surface area contributed by atoms with Gasteiger partial charge < -0.3 is 19.7 Å². The van der Waals surface area contributed by atoms with Gasteiger partial charge in [0, 0.05) is 12.0 Å². The van der Waals surface area contributed by atoms with E-state index in [0.29, 0.717) is 15.8 Å². The van der Waals surface area contributed by atoms with Crippen LogP contribution in [-0.4, -0.2) is 62.7 Å². The molecule has 0 fully saturated rings. The molecule has 7 nitrogen and oxygen atoms in total. The van der Waals surface area contributed by atoms with Crippen molar-refractivity contribution in [3.8, 4) is 11.5 Å². The number of aliphatic hydroxyl groups is 2. The number of nitrogens with one attached hydrogen (secondary N) is 1. The number of halogens is 3. The molecule has 0 radical (unpaired) electrons. The predicted molar refractivity (Wildman–Crippen MR) is 132 cm³/mol. The third-order valence-electron chi connectivity index (χ3n) is 4.92. The molecule has 2 unspecified atom stereocenters. The zero-order valence-electron chi connectivity index (χ0n) is 18.5. The molecule has 0 spiro atoms. The van der Waals surface area contributed by atoms with Gasteiger partial charge in [-0.25, -0.2) is 13.1 Å². The Morgan fingerprint density at radius 1 is 0.970 bits per heavy atom. The molecule has 0 amide bonds.